The van der Waals surface area contributed by atoms with Crippen LogP contribution in [0.4, 0.5) is 9.59 Å². The molecule has 0 saturated carbocycles. The van der Waals surface area contributed by atoms with Gasteiger partial charge >= 0.3 is 12.1 Å². The molecule has 0 spiro atoms. The van der Waals surface area contributed by atoms with Crippen LogP contribution in [0.1, 0.15) is 33.6 Å². The second-order valence-corrected chi connectivity index (χ2v) is 6.59. The fraction of sp³-hybridized carbons (Fsp3) is 0.812. The number of alkyl carbamates (subject to hydrolysis) is 1. The zero-order valence-electron chi connectivity index (χ0n) is 14.7. The molecule has 8 nitrogen and oxygen atoms in total. The van der Waals surface area contributed by atoms with Crippen LogP contribution in [0.15, 0.2) is 0 Å². The van der Waals surface area contributed by atoms with Crippen LogP contribution in [0.5, 0.6) is 0 Å². The first kappa shape index (κ1) is 18.4. The first-order valence-electron chi connectivity index (χ1n) is 8.70. The van der Waals surface area contributed by atoms with Crippen molar-refractivity contribution in [1.82, 2.24) is 20.4 Å². The van der Waals surface area contributed by atoms with E-state index in [1.165, 1.54) is 0 Å². The normalized spacial score (nSPS) is 22.3. The summed E-state index contributed by atoms with van der Waals surface area (Å²) >= 11 is 0. The van der Waals surface area contributed by atoms with E-state index in [9.17, 15) is 14.4 Å². The molecule has 0 aliphatic carbocycles. The van der Waals surface area contributed by atoms with E-state index >= 15 is 0 Å². The van der Waals surface area contributed by atoms with Crippen LogP contribution in [0.25, 0.3) is 0 Å². The highest BCUT2D eigenvalue weighted by Gasteiger charge is 2.36. The summed E-state index contributed by atoms with van der Waals surface area (Å²) in [5, 5.41) is 5.46. The molecule has 0 bridgehead atoms. The fourth-order valence-corrected chi connectivity index (χ4v) is 3.25. The number of piperidine rings is 1. The molecule has 2 heterocycles. The van der Waals surface area contributed by atoms with Gasteiger partial charge in [-0.05, 0) is 25.7 Å². The molecule has 2 aliphatic heterocycles. The van der Waals surface area contributed by atoms with Crippen LogP contribution in [0, 0.1) is 5.92 Å². The first-order valence-corrected chi connectivity index (χ1v) is 8.70. The topological polar surface area (TPSA) is 91.0 Å². The zero-order chi connectivity index (χ0) is 17.7. The summed E-state index contributed by atoms with van der Waals surface area (Å²) in [6, 6.07) is -0.629. The van der Waals surface area contributed by atoms with Crippen molar-refractivity contribution < 1.29 is 19.1 Å². The van der Waals surface area contributed by atoms with E-state index < -0.39 is 12.1 Å². The third kappa shape index (κ3) is 4.30. The van der Waals surface area contributed by atoms with Gasteiger partial charge in [0.1, 0.15) is 6.04 Å². The van der Waals surface area contributed by atoms with E-state index in [0.717, 1.165) is 12.8 Å². The number of amides is 4. The number of nitrogens with one attached hydrogen (secondary N) is 2. The molecule has 24 heavy (non-hydrogen) atoms. The highest BCUT2D eigenvalue weighted by Crippen LogP contribution is 2.19. The molecule has 136 valence electrons. The molecule has 2 fully saturated rings. The van der Waals surface area contributed by atoms with Gasteiger partial charge in [0, 0.05) is 26.2 Å². The van der Waals surface area contributed by atoms with Gasteiger partial charge in [-0.3, -0.25) is 4.79 Å². The summed E-state index contributed by atoms with van der Waals surface area (Å²) in [4.78, 5) is 40.0. The summed E-state index contributed by atoms with van der Waals surface area (Å²) in [7, 11) is 0. The van der Waals surface area contributed by atoms with Gasteiger partial charge in [0.15, 0.2) is 0 Å². The lowest BCUT2D eigenvalue weighted by atomic mass is 9.99. The number of carbonyl (C=O) groups excluding carboxylic acids is 3. The third-order valence-corrected chi connectivity index (χ3v) is 4.52. The molecular formula is C16H28N4O4. The van der Waals surface area contributed by atoms with Gasteiger partial charge in [-0.2, -0.15) is 0 Å². The van der Waals surface area contributed by atoms with Crippen molar-refractivity contribution in [2.24, 2.45) is 5.92 Å². The number of hydrogen-bond donors (Lipinski definition) is 2. The largest absolute Gasteiger partial charge is 0.450 e. The summed E-state index contributed by atoms with van der Waals surface area (Å²) in [5.41, 5.74) is 0. The van der Waals surface area contributed by atoms with Gasteiger partial charge in [-0.15, -0.1) is 0 Å². The summed E-state index contributed by atoms with van der Waals surface area (Å²) < 4.78 is 4.89. The zero-order valence-corrected chi connectivity index (χ0v) is 14.7. The average Bonchev–Trinajstić information content (AvgIpc) is 2.98. The number of urea groups is 1. The Labute approximate surface area is 142 Å². The van der Waals surface area contributed by atoms with Crippen LogP contribution >= 0.6 is 0 Å². The highest BCUT2D eigenvalue weighted by molar-refractivity contribution is 5.86. The van der Waals surface area contributed by atoms with E-state index in [0.29, 0.717) is 26.2 Å². The molecule has 2 atom stereocenters. The van der Waals surface area contributed by atoms with Crippen molar-refractivity contribution in [2.75, 3.05) is 32.8 Å². The average molecular weight is 340 g/mol. The molecule has 2 aliphatic rings. The number of nitrogens with zero attached hydrogens (tertiary/aromatic N) is 2. The smallest absolute Gasteiger partial charge is 0.407 e. The van der Waals surface area contributed by atoms with Crippen LogP contribution in [-0.4, -0.2) is 72.7 Å². The minimum Gasteiger partial charge on any atom is -0.450 e. The van der Waals surface area contributed by atoms with Crippen molar-refractivity contribution in [3.63, 3.8) is 0 Å². The monoisotopic (exact) mass is 340 g/mol. The molecule has 0 aromatic heterocycles. The molecule has 0 aromatic carbocycles. The number of rotatable bonds is 5. The van der Waals surface area contributed by atoms with Gasteiger partial charge < -0.3 is 25.2 Å². The van der Waals surface area contributed by atoms with E-state index in [4.69, 9.17) is 4.74 Å². The summed E-state index contributed by atoms with van der Waals surface area (Å²) in [5.74, 6) is -0.153. The Balaban J connectivity index is 2.00. The molecular weight excluding hydrogens is 312 g/mol. The van der Waals surface area contributed by atoms with Crippen LogP contribution in [0.2, 0.25) is 0 Å². The van der Waals surface area contributed by atoms with Crippen LogP contribution < -0.4 is 10.6 Å². The summed E-state index contributed by atoms with van der Waals surface area (Å²) in [6.07, 6.45) is 1.18. The van der Waals surface area contributed by atoms with Crippen LogP contribution in [0.3, 0.4) is 0 Å². The Morgan fingerprint density at radius 1 is 1.38 bits per heavy atom. The molecule has 0 aromatic rings. The lowest BCUT2D eigenvalue weighted by Gasteiger charge is -2.39. The predicted octanol–water partition coefficient (Wildman–Crippen LogP) is 0.773. The first-order chi connectivity index (χ1) is 11.4. The Kier molecular flexibility index (Phi) is 6.28. The SMILES string of the molecule is CCOC(=O)N[C@H](C(=O)N1CCC[C@@H](N2CCNC2=O)C1)C(C)C. The molecule has 2 saturated heterocycles. The fourth-order valence-electron chi connectivity index (χ4n) is 3.25. The van der Waals surface area contributed by atoms with Gasteiger partial charge in [0.2, 0.25) is 5.91 Å². The van der Waals surface area contributed by atoms with E-state index in [2.05, 4.69) is 10.6 Å². The molecule has 4 amide bonds. The molecule has 2 rings (SSSR count). The maximum absolute atomic E-state index is 12.9. The lowest BCUT2D eigenvalue weighted by Crippen LogP contribution is -2.56. The molecule has 0 unspecified atom stereocenters. The number of carbonyl (C=O) groups is 3. The van der Waals surface area contributed by atoms with Crippen molar-refractivity contribution >= 4 is 18.0 Å². The van der Waals surface area contributed by atoms with Gasteiger partial charge in [0.25, 0.3) is 0 Å². The Morgan fingerprint density at radius 2 is 2.12 bits per heavy atom. The van der Waals surface area contributed by atoms with E-state index in [-0.39, 0.29) is 30.5 Å². The van der Waals surface area contributed by atoms with Crippen LogP contribution in [-0.2, 0) is 9.53 Å². The standard InChI is InChI=1S/C16H28N4O4/c1-4-24-16(23)18-13(11(2)3)14(21)19-8-5-6-12(10-19)20-9-7-17-15(20)22/h11-13H,4-10H2,1-3H3,(H,17,22)(H,18,23)/t12-,13+/m1/s1. The van der Waals surface area contributed by atoms with Crippen molar-refractivity contribution in [3.8, 4) is 0 Å². The molecule has 2 N–H and O–H groups in total. The van der Waals surface area contributed by atoms with Crippen molar-refractivity contribution in [3.05, 3.63) is 0 Å². The lowest BCUT2D eigenvalue weighted by molar-refractivity contribution is -0.136. The Morgan fingerprint density at radius 3 is 2.71 bits per heavy atom. The third-order valence-electron chi connectivity index (χ3n) is 4.52. The quantitative estimate of drug-likeness (QED) is 0.773. The second kappa shape index (κ2) is 8.21. The van der Waals surface area contributed by atoms with Gasteiger partial charge in [0.05, 0.1) is 12.6 Å². The number of hydrogen-bond acceptors (Lipinski definition) is 4. The van der Waals surface area contributed by atoms with E-state index in [1.807, 2.05) is 18.7 Å². The maximum Gasteiger partial charge on any atom is 0.407 e. The second-order valence-electron chi connectivity index (χ2n) is 6.59. The molecule has 8 heteroatoms. The Hall–Kier alpha value is -1.99. The maximum atomic E-state index is 12.9. The highest BCUT2D eigenvalue weighted by atomic mass is 16.5. The number of likely N-dealkylation sites (tertiary alicyclic amines) is 1. The minimum absolute atomic E-state index is 0.0422. The van der Waals surface area contributed by atoms with E-state index in [1.54, 1.807) is 11.8 Å². The Bertz CT molecular complexity index is 483. The van der Waals surface area contributed by atoms with Crippen molar-refractivity contribution in [1.29, 1.82) is 0 Å². The minimum atomic E-state index is -0.616. The molecule has 0 radical (unpaired) electrons. The van der Waals surface area contributed by atoms with Gasteiger partial charge in [-0.1, -0.05) is 13.8 Å². The predicted molar refractivity (Wildman–Crippen MR) is 88.5 cm³/mol. The van der Waals surface area contributed by atoms with Gasteiger partial charge in [-0.25, -0.2) is 9.59 Å². The van der Waals surface area contributed by atoms with Crippen molar-refractivity contribution in [2.45, 2.75) is 45.7 Å². The number of ether oxygens (including phenoxy) is 1. The summed E-state index contributed by atoms with van der Waals surface area (Å²) in [6.45, 7) is 8.28.